The Kier molecular flexibility index (Phi) is 6.09. The Morgan fingerprint density at radius 1 is 1.14 bits per heavy atom. The summed E-state index contributed by atoms with van der Waals surface area (Å²) >= 11 is 6.59. The molecule has 0 amide bonds. The van der Waals surface area contributed by atoms with E-state index in [1.54, 1.807) is 6.07 Å². The van der Waals surface area contributed by atoms with E-state index in [0.717, 1.165) is 45.3 Å². The summed E-state index contributed by atoms with van der Waals surface area (Å²) in [6.45, 7) is 2.92. The minimum Gasteiger partial charge on any atom is -0.462 e. The lowest BCUT2D eigenvalue weighted by Crippen LogP contribution is -2.51. The molecule has 36 heavy (non-hydrogen) atoms. The molecule has 4 heterocycles. The molecular formula is C26H29ClF2N6O. The zero-order valence-electron chi connectivity index (χ0n) is 20.1. The fourth-order valence-electron chi connectivity index (χ4n) is 5.83. The second kappa shape index (κ2) is 9.28. The van der Waals surface area contributed by atoms with Crippen LogP contribution in [-0.4, -0.2) is 66.3 Å². The Hall–Kier alpha value is -2.75. The molecule has 1 aromatic heterocycles. The topological polar surface area (TPSA) is 79.5 Å². The highest BCUT2D eigenvalue weighted by atomic mass is 35.5. The molecule has 190 valence electrons. The van der Waals surface area contributed by atoms with Crippen LogP contribution in [0.2, 0.25) is 5.02 Å². The van der Waals surface area contributed by atoms with Crippen molar-refractivity contribution in [3.63, 3.8) is 0 Å². The number of nitrogens with one attached hydrogen (secondary N) is 1. The maximum absolute atomic E-state index is 16.2. The van der Waals surface area contributed by atoms with Crippen molar-refractivity contribution in [2.24, 2.45) is 0 Å². The van der Waals surface area contributed by atoms with Gasteiger partial charge in [-0.05, 0) is 57.5 Å². The summed E-state index contributed by atoms with van der Waals surface area (Å²) in [5.41, 5.74) is 6.01. The van der Waals surface area contributed by atoms with Crippen LogP contribution < -0.4 is 20.7 Å². The number of ether oxygens (including phenoxy) is 1. The number of likely N-dealkylation sites (N-methyl/N-ethyl adjacent to an activating group) is 1. The number of benzene rings is 2. The van der Waals surface area contributed by atoms with Crippen molar-refractivity contribution in [2.75, 3.05) is 43.9 Å². The number of hydrogen-bond acceptors (Lipinski definition) is 7. The van der Waals surface area contributed by atoms with Gasteiger partial charge in [0.25, 0.3) is 0 Å². The molecule has 0 radical (unpaired) electrons. The van der Waals surface area contributed by atoms with Crippen LogP contribution in [0.3, 0.4) is 0 Å². The fourth-order valence-corrected chi connectivity index (χ4v) is 6.12. The van der Waals surface area contributed by atoms with Crippen LogP contribution in [0.25, 0.3) is 22.0 Å². The van der Waals surface area contributed by atoms with E-state index in [2.05, 4.69) is 27.1 Å². The van der Waals surface area contributed by atoms with Gasteiger partial charge >= 0.3 is 6.01 Å². The largest absolute Gasteiger partial charge is 0.462 e. The molecule has 2 unspecified atom stereocenters. The molecule has 2 aromatic carbocycles. The summed E-state index contributed by atoms with van der Waals surface area (Å²) in [4.78, 5) is 13.6. The van der Waals surface area contributed by atoms with Crippen LogP contribution in [0.4, 0.5) is 20.3 Å². The minimum atomic E-state index is -0.737. The van der Waals surface area contributed by atoms with Gasteiger partial charge in [0.2, 0.25) is 0 Å². The van der Waals surface area contributed by atoms with Crippen molar-refractivity contribution in [3.05, 3.63) is 40.9 Å². The van der Waals surface area contributed by atoms with E-state index in [1.807, 2.05) is 0 Å². The van der Waals surface area contributed by atoms with Gasteiger partial charge in [0.15, 0.2) is 5.82 Å². The zero-order valence-corrected chi connectivity index (χ0v) is 20.9. The molecule has 10 heteroatoms. The first kappa shape index (κ1) is 23.6. The lowest BCUT2D eigenvalue weighted by Gasteiger charge is -2.34. The summed E-state index contributed by atoms with van der Waals surface area (Å²) in [7, 11) is 2.07. The molecule has 7 nitrogen and oxygen atoms in total. The first-order valence-electron chi connectivity index (χ1n) is 12.5. The van der Waals surface area contributed by atoms with Crippen LogP contribution in [-0.2, 0) is 0 Å². The van der Waals surface area contributed by atoms with Crippen molar-refractivity contribution >= 4 is 34.0 Å². The van der Waals surface area contributed by atoms with Crippen LogP contribution in [0.15, 0.2) is 24.3 Å². The Bertz CT molecular complexity index is 1290. The van der Waals surface area contributed by atoms with Crippen LogP contribution in [0.5, 0.6) is 6.01 Å². The van der Waals surface area contributed by atoms with Crippen molar-refractivity contribution in [3.8, 4) is 17.1 Å². The van der Waals surface area contributed by atoms with Crippen molar-refractivity contribution in [1.29, 1.82) is 0 Å². The van der Waals surface area contributed by atoms with Gasteiger partial charge in [-0.25, -0.2) is 8.78 Å². The number of halogens is 3. The molecule has 3 atom stereocenters. The molecule has 0 aliphatic carbocycles. The zero-order chi connectivity index (χ0) is 25.0. The third kappa shape index (κ3) is 4.13. The molecule has 3 aliphatic heterocycles. The summed E-state index contributed by atoms with van der Waals surface area (Å²) in [5, 5.41) is 4.14. The summed E-state index contributed by atoms with van der Waals surface area (Å²) in [5.74, 6) is -0.801. The highest BCUT2D eigenvalue weighted by molar-refractivity contribution is 6.34. The molecule has 3 N–H and O–H groups in total. The Labute approximate surface area is 213 Å². The number of piperazine rings is 1. The molecular weight excluding hydrogens is 486 g/mol. The quantitative estimate of drug-likeness (QED) is 0.493. The summed E-state index contributed by atoms with van der Waals surface area (Å²) in [6.07, 6.45) is 4.32. The number of hydrogen-bond donors (Lipinski definition) is 2. The van der Waals surface area contributed by atoms with Gasteiger partial charge < -0.3 is 25.6 Å². The molecule has 0 spiro atoms. The van der Waals surface area contributed by atoms with Crippen LogP contribution in [0, 0.1) is 11.6 Å². The highest BCUT2D eigenvalue weighted by Crippen LogP contribution is 2.42. The van der Waals surface area contributed by atoms with E-state index in [-0.39, 0.29) is 39.4 Å². The standard InChI is InChI=1S/C26H29ClF2N6O/c1-34-9-3-4-16(34)13-36-26-32-24-17(25(33-26)35-11-14-7-8-15(12-35)31-14)10-18(27)21(23(24)29)22-19(28)5-2-6-20(22)30/h2,5-6,10,14-16,31H,3-4,7-9,11-13,30H2,1H3/t14?,15?,16-/m0/s1. The van der Waals surface area contributed by atoms with Gasteiger partial charge in [0.1, 0.15) is 23.8 Å². The van der Waals surface area contributed by atoms with E-state index < -0.39 is 11.6 Å². The van der Waals surface area contributed by atoms with E-state index in [9.17, 15) is 4.39 Å². The van der Waals surface area contributed by atoms with Crippen LogP contribution in [0.1, 0.15) is 25.7 Å². The molecule has 3 fully saturated rings. The van der Waals surface area contributed by atoms with Gasteiger partial charge in [-0.2, -0.15) is 9.97 Å². The lowest BCUT2D eigenvalue weighted by molar-refractivity contribution is 0.188. The number of rotatable bonds is 5. The first-order valence-corrected chi connectivity index (χ1v) is 12.8. The third-order valence-corrected chi connectivity index (χ3v) is 8.03. The average Bonchev–Trinajstić information content (AvgIpc) is 3.42. The summed E-state index contributed by atoms with van der Waals surface area (Å²) in [6, 6.07) is 6.92. The second-order valence-corrected chi connectivity index (χ2v) is 10.5. The Morgan fingerprint density at radius 3 is 2.61 bits per heavy atom. The molecule has 3 aliphatic rings. The monoisotopic (exact) mass is 514 g/mol. The molecule has 3 aromatic rings. The number of nitrogens with zero attached hydrogens (tertiary/aromatic N) is 4. The van der Waals surface area contributed by atoms with E-state index in [1.165, 1.54) is 18.2 Å². The molecule has 3 saturated heterocycles. The predicted molar refractivity (Wildman–Crippen MR) is 138 cm³/mol. The number of nitrogens with two attached hydrogens (primary N) is 1. The highest BCUT2D eigenvalue weighted by Gasteiger charge is 2.34. The van der Waals surface area contributed by atoms with Gasteiger partial charge in [-0.1, -0.05) is 17.7 Å². The molecule has 0 saturated carbocycles. The Balaban J connectivity index is 1.48. The average molecular weight is 515 g/mol. The Morgan fingerprint density at radius 2 is 1.92 bits per heavy atom. The van der Waals surface area contributed by atoms with E-state index in [4.69, 9.17) is 27.1 Å². The smallest absolute Gasteiger partial charge is 0.319 e. The molecule has 2 bridgehead atoms. The van der Waals surface area contributed by atoms with Crippen molar-refractivity contribution in [1.82, 2.24) is 20.2 Å². The van der Waals surface area contributed by atoms with Crippen molar-refractivity contribution in [2.45, 2.75) is 43.8 Å². The maximum Gasteiger partial charge on any atom is 0.319 e. The second-order valence-electron chi connectivity index (χ2n) is 10.1. The number of likely N-dealkylation sites (tertiary alicyclic amines) is 1. The number of aromatic nitrogens is 2. The van der Waals surface area contributed by atoms with Gasteiger partial charge in [-0.3, -0.25) is 0 Å². The maximum atomic E-state index is 16.2. The first-order chi connectivity index (χ1) is 17.4. The van der Waals surface area contributed by atoms with E-state index in [0.29, 0.717) is 29.9 Å². The van der Waals surface area contributed by atoms with Gasteiger partial charge in [-0.15, -0.1) is 0 Å². The summed E-state index contributed by atoms with van der Waals surface area (Å²) < 4.78 is 37.0. The van der Waals surface area contributed by atoms with Crippen LogP contribution >= 0.6 is 11.6 Å². The third-order valence-electron chi connectivity index (χ3n) is 7.73. The van der Waals surface area contributed by atoms with Gasteiger partial charge in [0, 0.05) is 53.4 Å². The fraction of sp³-hybridized carbons (Fsp3) is 0.462. The number of nitrogen functional groups attached to an aromatic ring is 1. The number of anilines is 2. The molecule has 6 rings (SSSR count). The normalized spacial score (nSPS) is 24.1. The van der Waals surface area contributed by atoms with E-state index >= 15 is 4.39 Å². The predicted octanol–water partition coefficient (Wildman–Crippen LogP) is 4.22. The minimum absolute atomic E-state index is 0.0442. The lowest BCUT2D eigenvalue weighted by atomic mass is 10.00. The SMILES string of the molecule is CN1CCC[C@H]1COc1nc(N2CC3CCC(C2)N3)c2cc(Cl)c(-c3c(N)cccc3F)c(F)c2n1. The van der Waals surface area contributed by atoms with Gasteiger partial charge in [0.05, 0.1) is 5.02 Å². The van der Waals surface area contributed by atoms with Crippen molar-refractivity contribution < 1.29 is 13.5 Å². The number of fused-ring (bicyclic) bond motifs is 3.